The third kappa shape index (κ3) is 3.44. The van der Waals surface area contributed by atoms with Crippen LogP contribution < -0.4 is 10.6 Å². The fourth-order valence-corrected chi connectivity index (χ4v) is 3.34. The predicted octanol–water partition coefficient (Wildman–Crippen LogP) is 1.93. The first kappa shape index (κ1) is 12.9. The van der Waals surface area contributed by atoms with Crippen molar-refractivity contribution in [2.45, 2.75) is 52.0 Å². The first-order valence-electron chi connectivity index (χ1n) is 7.18. The molecule has 0 aromatic heterocycles. The molecule has 0 spiro atoms. The first-order valence-corrected chi connectivity index (χ1v) is 7.18. The van der Waals surface area contributed by atoms with Crippen LogP contribution in [-0.2, 0) is 4.79 Å². The van der Waals surface area contributed by atoms with Gasteiger partial charge in [0.25, 0.3) is 0 Å². The van der Waals surface area contributed by atoms with Gasteiger partial charge in [-0.05, 0) is 44.6 Å². The maximum Gasteiger partial charge on any atom is 0.224 e. The van der Waals surface area contributed by atoms with Crippen molar-refractivity contribution in [1.29, 1.82) is 0 Å². The van der Waals surface area contributed by atoms with E-state index >= 15 is 0 Å². The quantitative estimate of drug-likeness (QED) is 0.789. The standard InChI is InChI=1S/C14H26N2O/c1-10-4-3-5-12(8-10)9-16-14(17)13-6-7-15-11(13)2/h10-13,15H,3-9H2,1-2H3,(H,16,17). The van der Waals surface area contributed by atoms with Crippen LogP contribution in [0, 0.1) is 17.8 Å². The number of amides is 1. The molecule has 1 heterocycles. The summed E-state index contributed by atoms with van der Waals surface area (Å²) in [5.41, 5.74) is 0. The lowest BCUT2D eigenvalue weighted by Gasteiger charge is -2.27. The van der Waals surface area contributed by atoms with Gasteiger partial charge in [0.2, 0.25) is 5.91 Å². The summed E-state index contributed by atoms with van der Waals surface area (Å²) >= 11 is 0. The molecule has 0 aromatic carbocycles. The molecule has 1 saturated carbocycles. The Bertz CT molecular complexity index is 267. The molecule has 2 N–H and O–H groups in total. The fraction of sp³-hybridized carbons (Fsp3) is 0.929. The largest absolute Gasteiger partial charge is 0.356 e. The fourth-order valence-electron chi connectivity index (χ4n) is 3.34. The SMILES string of the molecule is CC1CCCC(CNC(=O)C2CCNC2C)C1. The summed E-state index contributed by atoms with van der Waals surface area (Å²) < 4.78 is 0. The van der Waals surface area contributed by atoms with Gasteiger partial charge in [0, 0.05) is 12.6 Å². The molecule has 17 heavy (non-hydrogen) atoms. The summed E-state index contributed by atoms with van der Waals surface area (Å²) in [7, 11) is 0. The average molecular weight is 238 g/mol. The van der Waals surface area contributed by atoms with Gasteiger partial charge < -0.3 is 10.6 Å². The van der Waals surface area contributed by atoms with Crippen LogP contribution in [0.25, 0.3) is 0 Å². The minimum Gasteiger partial charge on any atom is -0.356 e. The summed E-state index contributed by atoms with van der Waals surface area (Å²) in [5, 5.41) is 6.50. The molecular weight excluding hydrogens is 212 g/mol. The smallest absolute Gasteiger partial charge is 0.224 e. The minimum absolute atomic E-state index is 0.191. The molecule has 0 radical (unpaired) electrons. The molecule has 1 amide bonds. The van der Waals surface area contributed by atoms with Crippen LogP contribution in [0.4, 0.5) is 0 Å². The van der Waals surface area contributed by atoms with Crippen molar-refractivity contribution in [3.8, 4) is 0 Å². The second kappa shape index (κ2) is 5.85. The molecule has 0 aromatic rings. The second-order valence-electron chi connectivity index (χ2n) is 6.02. The second-order valence-corrected chi connectivity index (χ2v) is 6.02. The molecule has 0 bridgehead atoms. The van der Waals surface area contributed by atoms with Gasteiger partial charge >= 0.3 is 0 Å². The average Bonchev–Trinajstić information content (AvgIpc) is 2.72. The minimum atomic E-state index is 0.191. The van der Waals surface area contributed by atoms with Crippen molar-refractivity contribution in [2.75, 3.05) is 13.1 Å². The molecule has 3 nitrogen and oxygen atoms in total. The van der Waals surface area contributed by atoms with E-state index in [-0.39, 0.29) is 11.8 Å². The van der Waals surface area contributed by atoms with E-state index in [1.165, 1.54) is 25.7 Å². The van der Waals surface area contributed by atoms with E-state index < -0.39 is 0 Å². The van der Waals surface area contributed by atoms with Crippen molar-refractivity contribution in [2.24, 2.45) is 17.8 Å². The topological polar surface area (TPSA) is 41.1 Å². The highest BCUT2D eigenvalue weighted by molar-refractivity contribution is 5.79. The van der Waals surface area contributed by atoms with Gasteiger partial charge in [-0.25, -0.2) is 0 Å². The van der Waals surface area contributed by atoms with Crippen molar-refractivity contribution in [1.82, 2.24) is 10.6 Å². The molecule has 1 aliphatic carbocycles. The summed E-state index contributed by atoms with van der Waals surface area (Å²) in [6, 6.07) is 0.347. The van der Waals surface area contributed by atoms with Crippen LogP contribution in [0.1, 0.15) is 46.0 Å². The Balaban J connectivity index is 1.72. The Kier molecular flexibility index (Phi) is 4.43. The lowest BCUT2D eigenvalue weighted by molar-refractivity contribution is -0.125. The van der Waals surface area contributed by atoms with Crippen LogP contribution >= 0.6 is 0 Å². The maximum atomic E-state index is 12.0. The van der Waals surface area contributed by atoms with Gasteiger partial charge in [-0.3, -0.25) is 4.79 Å². The van der Waals surface area contributed by atoms with E-state index in [2.05, 4.69) is 24.5 Å². The molecule has 2 fully saturated rings. The zero-order chi connectivity index (χ0) is 12.3. The Labute approximate surface area is 105 Å². The Morgan fingerprint density at radius 2 is 2.12 bits per heavy atom. The number of carbonyl (C=O) groups is 1. The van der Waals surface area contributed by atoms with E-state index in [9.17, 15) is 4.79 Å². The highest BCUT2D eigenvalue weighted by atomic mass is 16.1. The molecule has 1 saturated heterocycles. The highest BCUT2D eigenvalue weighted by Gasteiger charge is 2.29. The van der Waals surface area contributed by atoms with Gasteiger partial charge in [-0.15, -0.1) is 0 Å². The lowest BCUT2D eigenvalue weighted by Crippen LogP contribution is -2.39. The van der Waals surface area contributed by atoms with Crippen LogP contribution in [0.2, 0.25) is 0 Å². The molecule has 1 aliphatic heterocycles. The van der Waals surface area contributed by atoms with Crippen LogP contribution in [0.15, 0.2) is 0 Å². The lowest BCUT2D eigenvalue weighted by atomic mass is 9.82. The van der Waals surface area contributed by atoms with Gasteiger partial charge in [0.05, 0.1) is 5.92 Å². The molecule has 2 rings (SSSR count). The zero-order valence-corrected chi connectivity index (χ0v) is 11.2. The summed E-state index contributed by atoms with van der Waals surface area (Å²) in [4.78, 5) is 12.0. The number of rotatable bonds is 3. The van der Waals surface area contributed by atoms with Gasteiger partial charge in [0.15, 0.2) is 0 Å². The number of hydrogen-bond donors (Lipinski definition) is 2. The van der Waals surface area contributed by atoms with Crippen molar-refractivity contribution in [3.63, 3.8) is 0 Å². The third-order valence-corrected chi connectivity index (χ3v) is 4.47. The van der Waals surface area contributed by atoms with E-state index in [0.717, 1.165) is 25.4 Å². The molecule has 3 heteroatoms. The maximum absolute atomic E-state index is 12.0. The van der Waals surface area contributed by atoms with E-state index in [0.29, 0.717) is 12.0 Å². The van der Waals surface area contributed by atoms with Gasteiger partial charge in [-0.1, -0.05) is 19.8 Å². The predicted molar refractivity (Wildman–Crippen MR) is 69.7 cm³/mol. The van der Waals surface area contributed by atoms with Crippen molar-refractivity contribution < 1.29 is 4.79 Å². The Hall–Kier alpha value is -0.570. The monoisotopic (exact) mass is 238 g/mol. The number of nitrogens with one attached hydrogen (secondary N) is 2. The van der Waals surface area contributed by atoms with Crippen molar-refractivity contribution in [3.05, 3.63) is 0 Å². The summed E-state index contributed by atoms with van der Waals surface area (Å²) in [6.45, 7) is 6.32. The van der Waals surface area contributed by atoms with Gasteiger partial charge in [0.1, 0.15) is 0 Å². The normalized spacial score (nSPS) is 38.0. The van der Waals surface area contributed by atoms with E-state index in [1.807, 2.05) is 0 Å². The Morgan fingerprint density at radius 3 is 2.76 bits per heavy atom. The molecule has 4 atom stereocenters. The van der Waals surface area contributed by atoms with Crippen LogP contribution in [-0.4, -0.2) is 25.0 Å². The van der Waals surface area contributed by atoms with Crippen molar-refractivity contribution >= 4 is 5.91 Å². The number of carbonyl (C=O) groups excluding carboxylic acids is 1. The third-order valence-electron chi connectivity index (χ3n) is 4.47. The van der Waals surface area contributed by atoms with E-state index in [4.69, 9.17) is 0 Å². The number of hydrogen-bond acceptors (Lipinski definition) is 2. The summed E-state index contributed by atoms with van der Waals surface area (Å²) in [6.07, 6.45) is 6.28. The van der Waals surface area contributed by atoms with Crippen LogP contribution in [0.5, 0.6) is 0 Å². The van der Waals surface area contributed by atoms with Crippen LogP contribution in [0.3, 0.4) is 0 Å². The molecule has 4 unspecified atom stereocenters. The van der Waals surface area contributed by atoms with Gasteiger partial charge in [-0.2, -0.15) is 0 Å². The van der Waals surface area contributed by atoms with E-state index in [1.54, 1.807) is 0 Å². The molecular formula is C14H26N2O. The zero-order valence-electron chi connectivity index (χ0n) is 11.2. The Morgan fingerprint density at radius 1 is 1.29 bits per heavy atom. The molecule has 2 aliphatic rings. The molecule has 98 valence electrons. The summed E-state index contributed by atoms with van der Waals surface area (Å²) in [5.74, 6) is 2.02. The highest BCUT2D eigenvalue weighted by Crippen LogP contribution is 2.28. The first-order chi connectivity index (χ1) is 8.16.